The highest BCUT2D eigenvalue weighted by Crippen LogP contribution is 2.24. The van der Waals surface area contributed by atoms with Crippen molar-refractivity contribution < 1.29 is 4.57 Å². The number of hydrogen-bond acceptors (Lipinski definition) is 2. The summed E-state index contributed by atoms with van der Waals surface area (Å²) in [5.41, 5.74) is 2.53. The Morgan fingerprint density at radius 2 is 2.18 bits per heavy atom. The van der Waals surface area contributed by atoms with Crippen LogP contribution >= 0.6 is 19.0 Å². The highest BCUT2D eigenvalue weighted by molar-refractivity contribution is 8.45. The molecule has 0 fully saturated rings. The second-order valence-electron chi connectivity index (χ2n) is 2.27. The molecule has 0 saturated carbocycles. The van der Waals surface area contributed by atoms with Crippen LogP contribution in [-0.2, 0) is 10.3 Å². The lowest BCUT2D eigenvalue weighted by molar-refractivity contribution is 0.605. The van der Waals surface area contributed by atoms with Crippen LogP contribution in [0.3, 0.4) is 0 Å². The summed E-state index contributed by atoms with van der Waals surface area (Å²) in [5, 5.41) is 0. The molecule has 0 bridgehead atoms. The van der Waals surface area contributed by atoms with Gasteiger partial charge in [0.1, 0.15) is 0 Å². The van der Waals surface area contributed by atoms with Crippen LogP contribution < -0.4 is 0 Å². The molecular weight excluding hydrogens is 175 g/mol. The summed E-state index contributed by atoms with van der Waals surface area (Å²) < 4.78 is 10.1. The Morgan fingerprint density at radius 3 is 2.82 bits per heavy atom. The van der Waals surface area contributed by atoms with Crippen LogP contribution in [0.4, 0.5) is 0 Å². The molecular formula is C8H9OPS. The topological polar surface area (TPSA) is 17.1 Å². The average Bonchev–Trinajstić information content (AvgIpc) is 2.03. The molecule has 0 spiro atoms. The third kappa shape index (κ3) is 2.64. The van der Waals surface area contributed by atoms with Gasteiger partial charge in [-0.15, -0.1) is 0 Å². The van der Waals surface area contributed by atoms with Gasteiger partial charge in [-0.25, -0.2) is 0 Å². The lowest BCUT2D eigenvalue weighted by atomic mass is 10.1. The van der Waals surface area contributed by atoms with Crippen molar-refractivity contribution in [3.05, 3.63) is 35.4 Å². The fraction of sp³-hybridized carbons (Fsp3) is 0.250. The molecule has 0 unspecified atom stereocenters. The lowest BCUT2D eigenvalue weighted by Gasteiger charge is -1.99. The smallest absolute Gasteiger partial charge is 0.227 e. The second-order valence-corrected chi connectivity index (χ2v) is 4.19. The van der Waals surface area contributed by atoms with E-state index in [-0.39, 0.29) is 7.66 Å². The summed E-state index contributed by atoms with van der Waals surface area (Å²) in [6.07, 6.45) is 0. The van der Waals surface area contributed by atoms with E-state index in [1.807, 2.05) is 12.1 Å². The Bertz CT molecular complexity index is 250. The molecule has 0 aliphatic rings. The zero-order valence-corrected chi connectivity index (χ0v) is 7.99. The number of hydrogen-bond donors (Lipinski definition) is 0. The predicted molar refractivity (Wildman–Crippen MR) is 50.1 cm³/mol. The van der Waals surface area contributed by atoms with Crippen molar-refractivity contribution in [3.8, 4) is 0 Å². The van der Waals surface area contributed by atoms with Crippen LogP contribution in [0.2, 0.25) is 0 Å². The predicted octanol–water partition coefficient (Wildman–Crippen LogP) is 3.43. The van der Waals surface area contributed by atoms with E-state index >= 15 is 0 Å². The highest BCUT2D eigenvalue weighted by Gasteiger charge is 1.95. The quantitative estimate of drug-likeness (QED) is 0.669. The first kappa shape index (κ1) is 8.76. The molecule has 1 aromatic rings. The van der Waals surface area contributed by atoms with E-state index in [9.17, 15) is 4.57 Å². The van der Waals surface area contributed by atoms with E-state index in [2.05, 4.69) is 19.1 Å². The van der Waals surface area contributed by atoms with Crippen molar-refractivity contribution in [3.63, 3.8) is 0 Å². The second kappa shape index (κ2) is 4.53. The van der Waals surface area contributed by atoms with Crippen molar-refractivity contribution in [1.29, 1.82) is 0 Å². The van der Waals surface area contributed by atoms with E-state index in [1.165, 1.54) is 22.5 Å². The molecule has 0 saturated heterocycles. The Labute approximate surface area is 72.2 Å². The number of aryl methyl sites for hydroxylation is 1. The first-order valence-electron chi connectivity index (χ1n) is 3.33. The third-order valence-electron chi connectivity index (χ3n) is 1.53. The maximum Gasteiger partial charge on any atom is 0.227 e. The highest BCUT2D eigenvalue weighted by atomic mass is 32.7. The molecule has 0 atom stereocenters. The van der Waals surface area contributed by atoms with E-state index in [4.69, 9.17) is 0 Å². The number of benzene rings is 1. The van der Waals surface area contributed by atoms with E-state index in [0.29, 0.717) is 0 Å². The largest absolute Gasteiger partial charge is 0.262 e. The minimum absolute atomic E-state index is 0.159. The first-order chi connectivity index (χ1) is 5.34. The van der Waals surface area contributed by atoms with Gasteiger partial charge in [-0.1, -0.05) is 35.6 Å². The molecule has 0 amide bonds. The van der Waals surface area contributed by atoms with Crippen LogP contribution in [0.1, 0.15) is 11.1 Å². The van der Waals surface area contributed by atoms with Crippen molar-refractivity contribution in [2.24, 2.45) is 0 Å². The molecule has 0 aliphatic carbocycles. The minimum Gasteiger partial charge on any atom is -0.262 e. The molecule has 1 rings (SSSR count). The molecule has 0 aliphatic heterocycles. The Morgan fingerprint density at radius 1 is 1.45 bits per heavy atom. The fourth-order valence-electron chi connectivity index (χ4n) is 0.868. The van der Waals surface area contributed by atoms with Crippen LogP contribution in [-0.4, -0.2) is 0 Å². The summed E-state index contributed by atoms with van der Waals surface area (Å²) in [4.78, 5) is 0. The van der Waals surface area contributed by atoms with Gasteiger partial charge in [-0.2, -0.15) is 0 Å². The zero-order chi connectivity index (χ0) is 8.10. The van der Waals surface area contributed by atoms with Gasteiger partial charge in [-0.3, -0.25) is 4.57 Å². The van der Waals surface area contributed by atoms with Crippen molar-refractivity contribution in [2.75, 3.05) is 0 Å². The molecule has 0 aromatic heterocycles. The molecule has 11 heavy (non-hydrogen) atoms. The molecule has 1 nitrogen and oxygen atoms in total. The SMILES string of the molecule is Cc1ccccc1CSP=O. The zero-order valence-electron chi connectivity index (χ0n) is 6.28. The van der Waals surface area contributed by atoms with Crippen molar-refractivity contribution in [1.82, 2.24) is 0 Å². The van der Waals surface area contributed by atoms with Crippen LogP contribution in [0, 0.1) is 6.92 Å². The maximum absolute atomic E-state index is 10.1. The normalized spacial score (nSPS) is 10.3. The molecule has 58 valence electrons. The van der Waals surface area contributed by atoms with Gasteiger partial charge in [0.2, 0.25) is 7.66 Å². The van der Waals surface area contributed by atoms with Gasteiger partial charge in [0.15, 0.2) is 0 Å². The van der Waals surface area contributed by atoms with Gasteiger partial charge in [0.05, 0.1) is 0 Å². The standard InChI is InChI=1S/C8H9OPS/c1-7-4-2-3-5-8(7)6-11-10-9/h2-5H,6H2,1H3. The molecule has 0 heterocycles. The van der Waals surface area contributed by atoms with Gasteiger partial charge >= 0.3 is 0 Å². The van der Waals surface area contributed by atoms with Crippen molar-refractivity contribution in [2.45, 2.75) is 12.7 Å². The number of rotatable bonds is 3. The summed E-state index contributed by atoms with van der Waals surface area (Å²) in [6, 6.07) is 8.15. The van der Waals surface area contributed by atoms with Gasteiger partial charge < -0.3 is 0 Å². The molecule has 3 heteroatoms. The molecule has 0 radical (unpaired) electrons. The summed E-state index contributed by atoms with van der Waals surface area (Å²) in [5.74, 6) is 0.831. The van der Waals surface area contributed by atoms with Crippen LogP contribution in [0.25, 0.3) is 0 Å². The molecule has 0 N–H and O–H groups in total. The van der Waals surface area contributed by atoms with Gasteiger partial charge in [0.25, 0.3) is 0 Å². The lowest BCUT2D eigenvalue weighted by Crippen LogP contribution is -1.82. The van der Waals surface area contributed by atoms with E-state index in [0.717, 1.165) is 5.75 Å². The van der Waals surface area contributed by atoms with Gasteiger partial charge in [-0.05, 0) is 18.1 Å². The fourth-order valence-corrected chi connectivity index (χ4v) is 1.96. The van der Waals surface area contributed by atoms with Crippen LogP contribution in [0.15, 0.2) is 24.3 Å². The summed E-state index contributed by atoms with van der Waals surface area (Å²) in [7, 11) is 0.159. The Kier molecular flexibility index (Phi) is 3.61. The maximum atomic E-state index is 10.1. The Hall–Kier alpha value is -0.330. The summed E-state index contributed by atoms with van der Waals surface area (Å²) in [6.45, 7) is 2.07. The monoisotopic (exact) mass is 184 g/mol. The minimum atomic E-state index is 0.159. The van der Waals surface area contributed by atoms with E-state index < -0.39 is 0 Å². The van der Waals surface area contributed by atoms with E-state index in [1.54, 1.807) is 0 Å². The van der Waals surface area contributed by atoms with Crippen molar-refractivity contribution >= 4 is 19.0 Å². The summed E-state index contributed by atoms with van der Waals surface area (Å²) >= 11 is 1.39. The average molecular weight is 184 g/mol. The Balaban J connectivity index is 2.69. The van der Waals surface area contributed by atoms with Gasteiger partial charge in [0, 0.05) is 5.75 Å². The third-order valence-corrected chi connectivity index (χ3v) is 2.78. The molecule has 1 aromatic carbocycles. The van der Waals surface area contributed by atoms with Crippen LogP contribution in [0.5, 0.6) is 0 Å². The first-order valence-corrected chi connectivity index (χ1v) is 5.74.